The van der Waals surface area contributed by atoms with E-state index in [0.717, 1.165) is 43.9 Å². The number of hydrogen-bond donors (Lipinski definition) is 2. The monoisotopic (exact) mass is 355 g/mol. The molecule has 0 spiro atoms. The first-order chi connectivity index (χ1) is 12.7. The highest BCUT2D eigenvalue weighted by atomic mass is 16.5. The molecule has 0 radical (unpaired) electrons. The van der Waals surface area contributed by atoms with E-state index in [4.69, 9.17) is 9.47 Å². The summed E-state index contributed by atoms with van der Waals surface area (Å²) in [4.78, 5) is 16.3. The predicted octanol–water partition coefficient (Wildman–Crippen LogP) is 2.65. The van der Waals surface area contributed by atoms with Crippen molar-refractivity contribution in [1.29, 1.82) is 0 Å². The summed E-state index contributed by atoms with van der Waals surface area (Å²) in [6.45, 7) is 2.12. The maximum atomic E-state index is 12.1. The predicted molar refractivity (Wildman–Crippen MR) is 101 cm³/mol. The topological polar surface area (TPSA) is 72.5 Å². The molecule has 1 fully saturated rings. The molecule has 3 rings (SSSR count). The second-order valence-electron chi connectivity index (χ2n) is 6.30. The molecule has 1 aliphatic heterocycles. The van der Waals surface area contributed by atoms with Crippen LogP contribution < -0.4 is 15.4 Å². The van der Waals surface area contributed by atoms with Crippen LogP contribution in [0.3, 0.4) is 0 Å². The molecule has 1 aromatic heterocycles. The minimum absolute atomic E-state index is 0.137. The number of carbonyl (C=O) groups excluding carboxylic acids is 1. The lowest BCUT2D eigenvalue weighted by Crippen LogP contribution is -2.32. The van der Waals surface area contributed by atoms with E-state index in [9.17, 15) is 4.79 Å². The summed E-state index contributed by atoms with van der Waals surface area (Å²) < 4.78 is 10.7. The largest absolute Gasteiger partial charge is 0.497 e. The smallest absolute Gasteiger partial charge is 0.269 e. The molecule has 6 nitrogen and oxygen atoms in total. The summed E-state index contributed by atoms with van der Waals surface area (Å²) in [5.74, 6) is 0.699. The van der Waals surface area contributed by atoms with Gasteiger partial charge in [-0.2, -0.15) is 0 Å². The van der Waals surface area contributed by atoms with Gasteiger partial charge in [-0.3, -0.25) is 4.79 Å². The number of benzene rings is 1. The molecule has 0 bridgehead atoms. The number of anilines is 1. The standard InChI is InChI=1S/C20H25N3O3/c1-25-17-7-4-15(5-8-17)10-11-21-16-6-9-19(22-13-16)20(24)23-14-18-3-2-12-26-18/h4-9,13,18,21H,2-3,10-12,14H2,1H3,(H,23,24). The molecule has 1 amide bonds. The van der Waals surface area contributed by atoms with Gasteiger partial charge in [0, 0.05) is 19.7 Å². The van der Waals surface area contributed by atoms with Crippen molar-refractivity contribution in [2.75, 3.05) is 32.1 Å². The Morgan fingerprint density at radius 1 is 1.27 bits per heavy atom. The van der Waals surface area contributed by atoms with Crippen LogP contribution in [0.2, 0.25) is 0 Å². The molecule has 0 saturated carbocycles. The lowest BCUT2D eigenvalue weighted by Gasteiger charge is -2.11. The van der Waals surface area contributed by atoms with Gasteiger partial charge in [-0.1, -0.05) is 12.1 Å². The fourth-order valence-corrected chi connectivity index (χ4v) is 2.88. The normalized spacial score (nSPS) is 16.3. The van der Waals surface area contributed by atoms with Crippen LogP contribution in [0.4, 0.5) is 5.69 Å². The van der Waals surface area contributed by atoms with E-state index in [-0.39, 0.29) is 12.0 Å². The molecule has 2 aromatic rings. The zero-order valence-corrected chi connectivity index (χ0v) is 15.0. The van der Waals surface area contributed by atoms with E-state index >= 15 is 0 Å². The van der Waals surface area contributed by atoms with Gasteiger partial charge in [0.25, 0.3) is 5.91 Å². The number of aromatic nitrogens is 1. The first kappa shape index (κ1) is 18.2. The number of hydrogen-bond acceptors (Lipinski definition) is 5. The second-order valence-corrected chi connectivity index (χ2v) is 6.30. The third-order valence-electron chi connectivity index (χ3n) is 4.41. The van der Waals surface area contributed by atoms with Crippen molar-refractivity contribution < 1.29 is 14.3 Å². The maximum absolute atomic E-state index is 12.1. The lowest BCUT2D eigenvalue weighted by atomic mass is 10.1. The number of amides is 1. The van der Waals surface area contributed by atoms with Gasteiger partial charge < -0.3 is 20.1 Å². The van der Waals surface area contributed by atoms with E-state index in [1.165, 1.54) is 5.56 Å². The van der Waals surface area contributed by atoms with Crippen molar-refractivity contribution in [3.63, 3.8) is 0 Å². The van der Waals surface area contributed by atoms with Crippen LogP contribution in [-0.2, 0) is 11.2 Å². The molecule has 6 heteroatoms. The Labute approximate surface area is 153 Å². The second kappa shape index (κ2) is 9.20. The van der Waals surface area contributed by atoms with Gasteiger partial charge in [-0.25, -0.2) is 4.98 Å². The van der Waals surface area contributed by atoms with Crippen LogP contribution in [0.5, 0.6) is 5.75 Å². The van der Waals surface area contributed by atoms with Gasteiger partial charge in [-0.15, -0.1) is 0 Å². The van der Waals surface area contributed by atoms with Crippen molar-refractivity contribution in [2.24, 2.45) is 0 Å². The Hall–Kier alpha value is -2.60. The van der Waals surface area contributed by atoms with Gasteiger partial charge in [0.05, 0.1) is 25.1 Å². The fourth-order valence-electron chi connectivity index (χ4n) is 2.88. The molecular formula is C20H25N3O3. The quantitative estimate of drug-likeness (QED) is 0.762. The molecule has 1 unspecified atom stereocenters. The Balaban J connectivity index is 1.42. The van der Waals surface area contributed by atoms with Crippen molar-refractivity contribution >= 4 is 11.6 Å². The number of rotatable bonds is 8. The van der Waals surface area contributed by atoms with Gasteiger partial charge >= 0.3 is 0 Å². The highest BCUT2D eigenvalue weighted by molar-refractivity contribution is 5.92. The number of nitrogens with one attached hydrogen (secondary N) is 2. The third kappa shape index (κ3) is 5.20. The summed E-state index contributed by atoms with van der Waals surface area (Å²) in [7, 11) is 1.66. The lowest BCUT2D eigenvalue weighted by molar-refractivity contribution is 0.0854. The van der Waals surface area contributed by atoms with Crippen LogP contribution in [0.25, 0.3) is 0 Å². The maximum Gasteiger partial charge on any atom is 0.269 e. The van der Waals surface area contributed by atoms with Crippen LogP contribution in [0, 0.1) is 0 Å². The number of carbonyl (C=O) groups is 1. The van der Waals surface area contributed by atoms with Crippen molar-refractivity contribution in [2.45, 2.75) is 25.4 Å². The van der Waals surface area contributed by atoms with Crippen LogP contribution in [0.1, 0.15) is 28.9 Å². The van der Waals surface area contributed by atoms with Gasteiger partial charge in [-0.05, 0) is 49.1 Å². The number of nitrogens with zero attached hydrogens (tertiary/aromatic N) is 1. The van der Waals surface area contributed by atoms with E-state index < -0.39 is 0 Å². The molecule has 1 atom stereocenters. The Kier molecular flexibility index (Phi) is 6.44. The van der Waals surface area contributed by atoms with E-state index in [0.29, 0.717) is 12.2 Å². The molecule has 1 saturated heterocycles. The molecule has 26 heavy (non-hydrogen) atoms. The average molecular weight is 355 g/mol. The molecule has 2 N–H and O–H groups in total. The minimum Gasteiger partial charge on any atom is -0.497 e. The molecule has 138 valence electrons. The number of methoxy groups -OCH3 is 1. The SMILES string of the molecule is COc1ccc(CCNc2ccc(C(=O)NCC3CCCO3)nc2)cc1. The van der Waals surface area contributed by atoms with Crippen molar-refractivity contribution in [1.82, 2.24) is 10.3 Å². The molecule has 1 aliphatic rings. The summed E-state index contributed by atoms with van der Waals surface area (Å²) in [6, 6.07) is 11.6. The van der Waals surface area contributed by atoms with Gasteiger partial charge in [0.2, 0.25) is 0 Å². The van der Waals surface area contributed by atoms with Crippen molar-refractivity contribution in [3.8, 4) is 5.75 Å². The van der Waals surface area contributed by atoms with Gasteiger partial charge in [0.15, 0.2) is 0 Å². The Morgan fingerprint density at radius 3 is 2.77 bits per heavy atom. The van der Waals surface area contributed by atoms with E-state index in [2.05, 4.69) is 27.8 Å². The first-order valence-electron chi connectivity index (χ1n) is 8.97. The third-order valence-corrected chi connectivity index (χ3v) is 4.41. The van der Waals surface area contributed by atoms with E-state index in [1.807, 2.05) is 18.2 Å². The molecule has 1 aromatic carbocycles. The first-order valence-corrected chi connectivity index (χ1v) is 8.97. The number of ether oxygens (including phenoxy) is 2. The Morgan fingerprint density at radius 2 is 2.12 bits per heavy atom. The number of pyridine rings is 1. The molecule has 0 aliphatic carbocycles. The van der Waals surface area contributed by atoms with Crippen LogP contribution in [-0.4, -0.2) is 43.8 Å². The summed E-state index contributed by atoms with van der Waals surface area (Å²) in [5, 5.41) is 6.20. The van der Waals surface area contributed by atoms with E-state index in [1.54, 1.807) is 19.4 Å². The van der Waals surface area contributed by atoms with Crippen LogP contribution in [0.15, 0.2) is 42.6 Å². The summed E-state index contributed by atoms with van der Waals surface area (Å²) in [6.07, 6.45) is 4.79. The van der Waals surface area contributed by atoms with Crippen molar-refractivity contribution in [3.05, 3.63) is 53.9 Å². The molecule has 2 heterocycles. The summed E-state index contributed by atoms with van der Waals surface area (Å²) in [5.41, 5.74) is 2.55. The zero-order chi connectivity index (χ0) is 18.2. The van der Waals surface area contributed by atoms with Gasteiger partial charge in [0.1, 0.15) is 11.4 Å². The highest BCUT2D eigenvalue weighted by Gasteiger charge is 2.17. The van der Waals surface area contributed by atoms with Crippen LogP contribution >= 0.6 is 0 Å². The molecular weight excluding hydrogens is 330 g/mol. The zero-order valence-electron chi connectivity index (χ0n) is 15.0. The minimum atomic E-state index is -0.162. The summed E-state index contributed by atoms with van der Waals surface area (Å²) >= 11 is 0. The Bertz CT molecular complexity index is 695. The average Bonchev–Trinajstić information content (AvgIpc) is 3.21. The highest BCUT2D eigenvalue weighted by Crippen LogP contribution is 2.13. The fraction of sp³-hybridized carbons (Fsp3) is 0.400.